The monoisotopic (exact) mass is 229 g/mol. The standard InChI is InChI=1S/C12H14F3N/c13-10-1-2-11(14)9(7-10)8-12(15)3-5-16-6-4-12/h1-2,7,16H,3-6,8H2. The summed E-state index contributed by atoms with van der Waals surface area (Å²) in [6, 6.07) is 3.18. The van der Waals surface area contributed by atoms with Gasteiger partial charge in [0.25, 0.3) is 0 Å². The Morgan fingerprint density at radius 3 is 2.56 bits per heavy atom. The van der Waals surface area contributed by atoms with Crippen LogP contribution >= 0.6 is 0 Å². The minimum Gasteiger partial charge on any atom is -0.316 e. The SMILES string of the molecule is Fc1ccc(F)c(CC2(F)CCNCC2)c1. The number of benzene rings is 1. The highest BCUT2D eigenvalue weighted by Gasteiger charge is 2.32. The minimum atomic E-state index is -1.40. The van der Waals surface area contributed by atoms with E-state index in [2.05, 4.69) is 5.32 Å². The highest BCUT2D eigenvalue weighted by molar-refractivity contribution is 5.21. The van der Waals surface area contributed by atoms with Crippen molar-refractivity contribution in [3.63, 3.8) is 0 Å². The van der Waals surface area contributed by atoms with Crippen molar-refractivity contribution in [1.29, 1.82) is 0 Å². The van der Waals surface area contributed by atoms with Gasteiger partial charge in [-0.15, -0.1) is 0 Å². The van der Waals surface area contributed by atoms with Crippen LogP contribution in [0.2, 0.25) is 0 Å². The Morgan fingerprint density at radius 2 is 1.88 bits per heavy atom. The molecule has 16 heavy (non-hydrogen) atoms. The molecule has 0 bridgehead atoms. The van der Waals surface area contributed by atoms with Crippen LogP contribution in [0.1, 0.15) is 18.4 Å². The predicted octanol–water partition coefficient (Wildman–Crippen LogP) is 2.60. The first kappa shape index (κ1) is 11.5. The highest BCUT2D eigenvalue weighted by atomic mass is 19.1. The van der Waals surface area contributed by atoms with Gasteiger partial charge in [-0.2, -0.15) is 0 Å². The topological polar surface area (TPSA) is 12.0 Å². The second-order valence-electron chi connectivity index (χ2n) is 4.31. The highest BCUT2D eigenvalue weighted by Crippen LogP contribution is 2.28. The lowest BCUT2D eigenvalue weighted by atomic mass is 9.87. The molecule has 1 aromatic rings. The fourth-order valence-corrected chi connectivity index (χ4v) is 2.07. The number of hydrogen-bond donors (Lipinski definition) is 1. The Morgan fingerprint density at radius 1 is 1.19 bits per heavy atom. The molecule has 1 heterocycles. The maximum atomic E-state index is 14.2. The van der Waals surface area contributed by atoms with Gasteiger partial charge >= 0.3 is 0 Å². The van der Waals surface area contributed by atoms with Gasteiger partial charge in [0.1, 0.15) is 17.3 Å². The smallest absolute Gasteiger partial charge is 0.126 e. The first-order chi connectivity index (χ1) is 7.59. The molecule has 0 spiro atoms. The van der Waals surface area contributed by atoms with Crippen molar-refractivity contribution in [2.24, 2.45) is 0 Å². The van der Waals surface area contributed by atoms with Crippen LogP contribution in [0.5, 0.6) is 0 Å². The molecule has 0 amide bonds. The quantitative estimate of drug-likeness (QED) is 0.822. The van der Waals surface area contributed by atoms with Gasteiger partial charge in [-0.05, 0) is 49.7 Å². The van der Waals surface area contributed by atoms with E-state index >= 15 is 0 Å². The van der Waals surface area contributed by atoms with Crippen molar-refractivity contribution < 1.29 is 13.2 Å². The van der Waals surface area contributed by atoms with Crippen molar-refractivity contribution in [2.75, 3.05) is 13.1 Å². The van der Waals surface area contributed by atoms with Gasteiger partial charge in [0, 0.05) is 6.42 Å². The summed E-state index contributed by atoms with van der Waals surface area (Å²) in [5, 5.41) is 3.04. The van der Waals surface area contributed by atoms with Crippen molar-refractivity contribution in [2.45, 2.75) is 24.9 Å². The molecule has 1 fully saturated rings. The Balaban J connectivity index is 2.15. The fraction of sp³-hybridized carbons (Fsp3) is 0.500. The Kier molecular flexibility index (Phi) is 3.19. The average Bonchev–Trinajstić information content (AvgIpc) is 2.24. The zero-order valence-electron chi connectivity index (χ0n) is 8.90. The van der Waals surface area contributed by atoms with Crippen LogP contribution < -0.4 is 5.32 Å². The molecule has 1 saturated heterocycles. The maximum Gasteiger partial charge on any atom is 0.126 e. The molecule has 1 aliphatic heterocycles. The van der Waals surface area contributed by atoms with Crippen LogP contribution in [0.25, 0.3) is 0 Å². The maximum absolute atomic E-state index is 14.2. The normalized spacial score (nSPS) is 19.7. The van der Waals surface area contributed by atoms with Gasteiger partial charge < -0.3 is 5.32 Å². The van der Waals surface area contributed by atoms with E-state index in [1.165, 1.54) is 0 Å². The fourth-order valence-electron chi connectivity index (χ4n) is 2.07. The van der Waals surface area contributed by atoms with E-state index in [4.69, 9.17) is 0 Å². The zero-order valence-corrected chi connectivity index (χ0v) is 8.90. The first-order valence-corrected chi connectivity index (χ1v) is 5.43. The third kappa shape index (κ3) is 2.55. The summed E-state index contributed by atoms with van der Waals surface area (Å²) in [4.78, 5) is 0. The molecule has 0 atom stereocenters. The first-order valence-electron chi connectivity index (χ1n) is 5.43. The predicted molar refractivity (Wildman–Crippen MR) is 56.0 cm³/mol. The summed E-state index contributed by atoms with van der Waals surface area (Å²) in [6.07, 6.45) is 0.657. The second-order valence-corrected chi connectivity index (χ2v) is 4.31. The van der Waals surface area contributed by atoms with Crippen molar-refractivity contribution in [3.8, 4) is 0 Å². The van der Waals surface area contributed by atoms with Gasteiger partial charge in [-0.3, -0.25) is 0 Å². The van der Waals surface area contributed by atoms with Gasteiger partial charge in [-0.25, -0.2) is 13.2 Å². The molecule has 0 aliphatic carbocycles. The van der Waals surface area contributed by atoms with Gasteiger partial charge in [-0.1, -0.05) is 0 Å². The van der Waals surface area contributed by atoms with E-state index in [0.29, 0.717) is 25.9 Å². The van der Waals surface area contributed by atoms with Crippen LogP contribution in [-0.4, -0.2) is 18.8 Å². The molecular formula is C12H14F3N. The Hall–Kier alpha value is -1.03. The van der Waals surface area contributed by atoms with Crippen LogP contribution in [-0.2, 0) is 6.42 Å². The van der Waals surface area contributed by atoms with E-state index in [1.807, 2.05) is 0 Å². The van der Waals surface area contributed by atoms with Crippen LogP contribution in [0.4, 0.5) is 13.2 Å². The summed E-state index contributed by atoms with van der Waals surface area (Å²) >= 11 is 0. The van der Waals surface area contributed by atoms with Gasteiger partial charge in [0.15, 0.2) is 0 Å². The Bertz CT molecular complexity index is 373. The lowest BCUT2D eigenvalue weighted by molar-refractivity contribution is 0.115. The lowest BCUT2D eigenvalue weighted by Crippen LogP contribution is -2.40. The number of piperidine rings is 1. The lowest BCUT2D eigenvalue weighted by Gasteiger charge is -2.30. The number of nitrogens with one attached hydrogen (secondary N) is 1. The summed E-state index contributed by atoms with van der Waals surface area (Å²) < 4.78 is 40.5. The zero-order chi connectivity index (χ0) is 11.6. The number of alkyl halides is 1. The molecule has 0 unspecified atom stereocenters. The van der Waals surface area contributed by atoms with Crippen LogP contribution in [0, 0.1) is 11.6 Å². The summed E-state index contributed by atoms with van der Waals surface area (Å²) in [7, 11) is 0. The molecular weight excluding hydrogens is 215 g/mol. The van der Waals surface area contributed by atoms with E-state index in [-0.39, 0.29) is 12.0 Å². The van der Waals surface area contributed by atoms with E-state index in [1.54, 1.807) is 0 Å². The van der Waals surface area contributed by atoms with Gasteiger partial charge in [0.05, 0.1) is 0 Å². The van der Waals surface area contributed by atoms with Crippen LogP contribution in [0.15, 0.2) is 18.2 Å². The van der Waals surface area contributed by atoms with Crippen molar-refractivity contribution >= 4 is 0 Å². The molecule has 2 rings (SSSR count). The third-order valence-electron chi connectivity index (χ3n) is 3.01. The number of rotatable bonds is 2. The van der Waals surface area contributed by atoms with Crippen molar-refractivity contribution in [1.82, 2.24) is 5.32 Å². The van der Waals surface area contributed by atoms with Crippen LogP contribution in [0.3, 0.4) is 0 Å². The van der Waals surface area contributed by atoms with E-state index < -0.39 is 17.3 Å². The Labute approximate surface area is 92.7 Å². The largest absolute Gasteiger partial charge is 0.316 e. The molecule has 1 aliphatic rings. The third-order valence-corrected chi connectivity index (χ3v) is 3.01. The summed E-state index contributed by atoms with van der Waals surface area (Å²) in [5.74, 6) is -1.05. The molecule has 4 heteroatoms. The summed E-state index contributed by atoms with van der Waals surface area (Å²) in [5.41, 5.74) is -1.27. The molecule has 0 aromatic heterocycles. The average molecular weight is 229 g/mol. The van der Waals surface area contributed by atoms with E-state index in [0.717, 1.165) is 18.2 Å². The van der Waals surface area contributed by atoms with Crippen molar-refractivity contribution in [3.05, 3.63) is 35.4 Å². The van der Waals surface area contributed by atoms with Gasteiger partial charge in [0.2, 0.25) is 0 Å². The number of hydrogen-bond acceptors (Lipinski definition) is 1. The molecule has 88 valence electrons. The second kappa shape index (κ2) is 4.45. The molecule has 1 aromatic carbocycles. The summed E-state index contributed by atoms with van der Waals surface area (Å²) in [6.45, 7) is 1.18. The minimum absolute atomic E-state index is 0.0434. The van der Waals surface area contributed by atoms with E-state index in [9.17, 15) is 13.2 Å². The molecule has 0 radical (unpaired) electrons. The molecule has 0 saturated carbocycles. The number of halogens is 3. The molecule has 1 N–H and O–H groups in total. The molecule has 1 nitrogen and oxygen atoms in total.